The van der Waals surface area contributed by atoms with Crippen LogP contribution in [0.3, 0.4) is 0 Å². The maximum absolute atomic E-state index is 13.1. The first-order chi connectivity index (χ1) is 17.6. The Hall–Kier alpha value is -3.21. The van der Waals surface area contributed by atoms with E-state index in [1.807, 2.05) is 11.0 Å². The number of benzene rings is 2. The largest absolute Gasteiger partial charge is 0.353 e. The van der Waals surface area contributed by atoms with Crippen molar-refractivity contribution < 1.29 is 4.79 Å². The van der Waals surface area contributed by atoms with Gasteiger partial charge in [-0.15, -0.1) is 0 Å². The van der Waals surface area contributed by atoms with E-state index in [-0.39, 0.29) is 11.3 Å². The Morgan fingerprint density at radius 1 is 0.946 bits per heavy atom. The van der Waals surface area contributed by atoms with E-state index in [1.54, 1.807) is 0 Å². The minimum atomic E-state index is 0.243. The predicted octanol–water partition coefficient (Wildman–Crippen LogP) is 6.46. The normalized spacial score (nSPS) is 15.1. The fourth-order valence-electron chi connectivity index (χ4n) is 5.48. The summed E-state index contributed by atoms with van der Waals surface area (Å²) in [6, 6.07) is 18.9. The van der Waals surface area contributed by atoms with Crippen molar-refractivity contribution in [3.63, 3.8) is 0 Å². The molecule has 5 nitrogen and oxygen atoms in total. The first-order valence-corrected chi connectivity index (χ1v) is 13.6. The minimum Gasteiger partial charge on any atom is -0.353 e. The lowest BCUT2D eigenvalue weighted by Gasteiger charge is -2.37. The molecular formula is C32H42N4O. The van der Waals surface area contributed by atoms with E-state index in [1.165, 1.54) is 16.7 Å². The van der Waals surface area contributed by atoms with E-state index >= 15 is 0 Å². The number of hydrogen-bond acceptors (Lipinski definition) is 4. The Kier molecular flexibility index (Phi) is 8.31. The molecule has 1 aliphatic rings. The zero-order valence-electron chi connectivity index (χ0n) is 23.4. The SMILES string of the molecule is Cc1cccc(-c2nc(C)c(Cc3ccccc3)c(N3CCN(C(=O)C[C@@H](C)CC(C)(C)C)CC3)n2)c1. The van der Waals surface area contributed by atoms with Crippen molar-refractivity contribution >= 4 is 11.7 Å². The molecule has 0 aliphatic carbocycles. The maximum atomic E-state index is 13.1. The molecule has 2 aromatic carbocycles. The summed E-state index contributed by atoms with van der Waals surface area (Å²) in [5.74, 6) is 2.44. The summed E-state index contributed by atoms with van der Waals surface area (Å²) >= 11 is 0. The maximum Gasteiger partial charge on any atom is 0.222 e. The smallest absolute Gasteiger partial charge is 0.222 e. The van der Waals surface area contributed by atoms with Gasteiger partial charge in [0, 0.05) is 55.8 Å². The molecule has 2 heterocycles. The monoisotopic (exact) mass is 498 g/mol. The molecule has 0 saturated carbocycles. The highest BCUT2D eigenvalue weighted by atomic mass is 16.2. The lowest BCUT2D eigenvalue weighted by atomic mass is 9.84. The standard InChI is InChI=1S/C32H42N4O/c1-23-11-10-14-27(19-23)30-33-25(3)28(21-26-12-8-7-9-13-26)31(34-30)36-17-15-35(16-18-36)29(37)20-24(2)22-32(4,5)6/h7-14,19,24H,15-18,20-22H2,1-6H3/t24-/m1/s1. The molecule has 5 heteroatoms. The summed E-state index contributed by atoms with van der Waals surface area (Å²) in [7, 11) is 0. The van der Waals surface area contributed by atoms with Gasteiger partial charge >= 0.3 is 0 Å². The van der Waals surface area contributed by atoms with Crippen LogP contribution in [0.5, 0.6) is 0 Å². The number of piperazine rings is 1. The topological polar surface area (TPSA) is 49.3 Å². The molecular weight excluding hydrogens is 456 g/mol. The van der Waals surface area contributed by atoms with Gasteiger partial charge in [0.1, 0.15) is 5.82 Å². The Balaban J connectivity index is 1.56. The highest BCUT2D eigenvalue weighted by molar-refractivity contribution is 5.77. The van der Waals surface area contributed by atoms with Crippen LogP contribution in [0, 0.1) is 25.2 Å². The average molecular weight is 499 g/mol. The third-order valence-corrected chi connectivity index (χ3v) is 7.11. The molecule has 0 radical (unpaired) electrons. The number of amides is 1. The van der Waals surface area contributed by atoms with Crippen LogP contribution in [-0.4, -0.2) is 47.0 Å². The van der Waals surface area contributed by atoms with Crippen LogP contribution in [0.1, 0.15) is 62.9 Å². The van der Waals surface area contributed by atoms with Gasteiger partial charge in [-0.2, -0.15) is 0 Å². The average Bonchev–Trinajstić information content (AvgIpc) is 2.84. The zero-order valence-corrected chi connectivity index (χ0v) is 23.4. The summed E-state index contributed by atoms with van der Waals surface area (Å²) in [5, 5.41) is 0. The van der Waals surface area contributed by atoms with Crippen molar-refractivity contribution in [3.8, 4) is 11.4 Å². The molecule has 1 fully saturated rings. The Morgan fingerprint density at radius 2 is 1.65 bits per heavy atom. The fourth-order valence-corrected chi connectivity index (χ4v) is 5.48. The lowest BCUT2D eigenvalue weighted by molar-refractivity contribution is -0.132. The van der Waals surface area contributed by atoms with Crippen molar-refractivity contribution in [1.82, 2.24) is 14.9 Å². The van der Waals surface area contributed by atoms with Gasteiger partial charge in [0.25, 0.3) is 0 Å². The molecule has 1 aliphatic heterocycles. The number of carbonyl (C=O) groups is 1. The van der Waals surface area contributed by atoms with Crippen molar-refractivity contribution in [2.24, 2.45) is 11.3 Å². The number of anilines is 1. The summed E-state index contributed by atoms with van der Waals surface area (Å²) < 4.78 is 0. The number of hydrogen-bond donors (Lipinski definition) is 0. The molecule has 3 aromatic rings. The first kappa shape index (κ1) is 26.8. The fraction of sp³-hybridized carbons (Fsp3) is 0.469. The van der Waals surface area contributed by atoms with Gasteiger partial charge < -0.3 is 9.80 Å². The second kappa shape index (κ2) is 11.5. The second-order valence-corrected chi connectivity index (χ2v) is 11.9. The molecule has 196 valence electrons. The minimum absolute atomic E-state index is 0.243. The van der Waals surface area contributed by atoms with Gasteiger partial charge in [-0.25, -0.2) is 9.97 Å². The van der Waals surface area contributed by atoms with Crippen LogP contribution >= 0.6 is 0 Å². The van der Waals surface area contributed by atoms with E-state index in [0.29, 0.717) is 12.3 Å². The Bertz CT molecular complexity index is 1210. The molecule has 4 rings (SSSR count). The van der Waals surface area contributed by atoms with E-state index in [2.05, 4.69) is 95.0 Å². The lowest BCUT2D eigenvalue weighted by Crippen LogP contribution is -2.49. The molecule has 1 atom stereocenters. The van der Waals surface area contributed by atoms with Gasteiger partial charge in [-0.3, -0.25) is 4.79 Å². The Morgan fingerprint density at radius 3 is 2.30 bits per heavy atom. The third kappa shape index (κ3) is 7.18. The molecule has 37 heavy (non-hydrogen) atoms. The molecule has 1 amide bonds. The van der Waals surface area contributed by atoms with Crippen molar-refractivity contribution in [2.75, 3.05) is 31.1 Å². The summed E-state index contributed by atoms with van der Waals surface area (Å²) in [5.41, 5.74) is 5.91. The summed E-state index contributed by atoms with van der Waals surface area (Å²) in [4.78, 5) is 27.5. The van der Waals surface area contributed by atoms with Gasteiger partial charge in [0.15, 0.2) is 5.82 Å². The van der Waals surface area contributed by atoms with E-state index in [9.17, 15) is 4.79 Å². The van der Waals surface area contributed by atoms with Crippen LogP contribution in [0.25, 0.3) is 11.4 Å². The van der Waals surface area contributed by atoms with Gasteiger partial charge in [0.2, 0.25) is 5.91 Å². The molecule has 0 unspecified atom stereocenters. The number of carbonyl (C=O) groups excluding carboxylic acids is 1. The number of nitrogens with zero attached hydrogens (tertiary/aromatic N) is 4. The van der Waals surface area contributed by atoms with Gasteiger partial charge in [-0.1, -0.05) is 81.8 Å². The molecule has 0 bridgehead atoms. The summed E-state index contributed by atoms with van der Waals surface area (Å²) in [6.45, 7) is 16.2. The van der Waals surface area contributed by atoms with Crippen molar-refractivity contribution in [2.45, 2.75) is 60.8 Å². The van der Waals surface area contributed by atoms with Crippen LogP contribution in [0.2, 0.25) is 0 Å². The second-order valence-electron chi connectivity index (χ2n) is 11.9. The summed E-state index contributed by atoms with van der Waals surface area (Å²) in [6.07, 6.45) is 2.48. The van der Waals surface area contributed by atoms with Crippen molar-refractivity contribution in [3.05, 3.63) is 77.0 Å². The van der Waals surface area contributed by atoms with Crippen LogP contribution in [0.4, 0.5) is 5.82 Å². The first-order valence-electron chi connectivity index (χ1n) is 13.6. The zero-order chi connectivity index (χ0) is 26.6. The molecule has 1 saturated heterocycles. The molecule has 0 spiro atoms. The van der Waals surface area contributed by atoms with Crippen LogP contribution < -0.4 is 4.90 Å². The van der Waals surface area contributed by atoms with Crippen LogP contribution in [-0.2, 0) is 11.2 Å². The van der Waals surface area contributed by atoms with Crippen molar-refractivity contribution in [1.29, 1.82) is 0 Å². The Labute approximate surface area is 222 Å². The number of rotatable bonds is 7. The predicted molar refractivity (Wildman–Crippen MR) is 153 cm³/mol. The number of aromatic nitrogens is 2. The van der Waals surface area contributed by atoms with E-state index in [4.69, 9.17) is 9.97 Å². The molecule has 1 aromatic heterocycles. The van der Waals surface area contributed by atoms with Gasteiger partial charge in [0.05, 0.1) is 0 Å². The quantitative estimate of drug-likeness (QED) is 0.375. The highest BCUT2D eigenvalue weighted by Gasteiger charge is 2.27. The van der Waals surface area contributed by atoms with E-state index in [0.717, 1.165) is 61.9 Å². The van der Waals surface area contributed by atoms with Crippen LogP contribution in [0.15, 0.2) is 54.6 Å². The number of aryl methyl sites for hydroxylation is 2. The van der Waals surface area contributed by atoms with Gasteiger partial charge in [-0.05, 0) is 43.2 Å². The highest BCUT2D eigenvalue weighted by Crippen LogP contribution is 2.30. The molecule has 0 N–H and O–H groups in total. The van der Waals surface area contributed by atoms with E-state index < -0.39 is 0 Å². The third-order valence-electron chi connectivity index (χ3n) is 7.11.